The number of nitrogens with zero attached hydrogens (tertiary/aromatic N) is 4. The van der Waals surface area contributed by atoms with Gasteiger partial charge < -0.3 is 9.84 Å². The normalized spacial score (nSPS) is 23.2. The molecule has 0 amide bonds. The summed E-state index contributed by atoms with van der Waals surface area (Å²) in [6.45, 7) is 7.90. The lowest BCUT2D eigenvalue weighted by molar-refractivity contribution is -0.0764. The molecule has 2 aromatic heterocycles. The fraction of sp³-hybridized carbons (Fsp3) is 0.444. The first-order chi connectivity index (χ1) is 12.0. The summed E-state index contributed by atoms with van der Waals surface area (Å²) in [5, 5.41) is 14.9. The molecule has 0 aliphatic carbocycles. The molecule has 0 bridgehead atoms. The van der Waals surface area contributed by atoms with E-state index in [4.69, 9.17) is 4.74 Å². The number of aromatic hydroxyl groups is 1. The fourth-order valence-corrected chi connectivity index (χ4v) is 4.67. The van der Waals surface area contributed by atoms with Gasteiger partial charge in [-0.2, -0.15) is 9.61 Å². The van der Waals surface area contributed by atoms with E-state index in [0.29, 0.717) is 4.96 Å². The highest BCUT2D eigenvalue weighted by atomic mass is 32.1. The maximum Gasteiger partial charge on any atom is 0.230 e. The molecule has 1 saturated heterocycles. The average Bonchev–Trinajstić information content (AvgIpc) is 3.13. The Morgan fingerprint density at radius 2 is 1.88 bits per heavy atom. The van der Waals surface area contributed by atoms with E-state index in [1.807, 2.05) is 0 Å². The highest BCUT2D eigenvalue weighted by molar-refractivity contribution is 7.17. The molecule has 3 aromatic rings. The van der Waals surface area contributed by atoms with Crippen LogP contribution >= 0.6 is 11.3 Å². The van der Waals surface area contributed by atoms with Crippen molar-refractivity contribution in [1.29, 1.82) is 0 Å². The molecule has 1 aliphatic heterocycles. The Kier molecular flexibility index (Phi) is 4.23. The molecule has 1 aromatic carbocycles. The summed E-state index contributed by atoms with van der Waals surface area (Å²) < 4.78 is 7.41. The molecule has 0 spiro atoms. The topological polar surface area (TPSA) is 62.9 Å². The molecule has 3 heterocycles. The molecule has 25 heavy (non-hydrogen) atoms. The summed E-state index contributed by atoms with van der Waals surface area (Å²) in [7, 11) is 0. The highest BCUT2D eigenvalue weighted by Crippen LogP contribution is 2.40. The number of thiazole rings is 1. The maximum absolute atomic E-state index is 10.7. The van der Waals surface area contributed by atoms with Crippen LogP contribution in [0.4, 0.5) is 0 Å². The van der Waals surface area contributed by atoms with Crippen molar-refractivity contribution in [1.82, 2.24) is 19.5 Å². The van der Waals surface area contributed by atoms with Crippen molar-refractivity contribution in [3.8, 4) is 5.88 Å². The van der Waals surface area contributed by atoms with E-state index in [1.54, 1.807) is 0 Å². The zero-order chi connectivity index (χ0) is 17.6. The summed E-state index contributed by atoms with van der Waals surface area (Å²) in [6.07, 6.45) is 1.77. The van der Waals surface area contributed by atoms with Gasteiger partial charge in [-0.1, -0.05) is 41.2 Å². The predicted octanol–water partition coefficient (Wildman–Crippen LogP) is 3.00. The molecule has 1 fully saturated rings. The van der Waals surface area contributed by atoms with E-state index in [2.05, 4.69) is 60.0 Å². The quantitative estimate of drug-likeness (QED) is 0.780. The molecule has 0 radical (unpaired) electrons. The van der Waals surface area contributed by atoms with Gasteiger partial charge in [0.1, 0.15) is 6.33 Å². The number of aromatic nitrogens is 3. The van der Waals surface area contributed by atoms with Gasteiger partial charge in [-0.25, -0.2) is 4.98 Å². The largest absolute Gasteiger partial charge is 0.492 e. The Balaban J connectivity index is 1.81. The molecule has 1 aliphatic rings. The second-order valence-corrected chi connectivity index (χ2v) is 7.78. The Morgan fingerprint density at radius 1 is 1.20 bits per heavy atom. The predicted molar refractivity (Wildman–Crippen MR) is 97.1 cm³/mol. The van der Waals surface area contributed by atoms with E-state index in [1.165, 1.54) is 27.7 Å². The summed E-state index contributed by atoms with van der Waals surface area (Å²) in [4.78, 5) is 8.20. The lowest BCUT2D eigenvalue weighted by Gasteiger charge is -2.40. The maximum atomic E-state index is 10.7. The Labute approximate surface area is 150 Å². The first-order valence-corrected chi connectivity index (χ1v) is 9.32. The minimum absolute atomic E-state index is 0.0390. The van der Waals surface area contributed by atoms with Gasteiger partial charge in [0.05, 0.1) is 23.1 Å². The molecule has 6 nitrogen and oxygen atoms in total. The molecule has 0 unspecified atom stereocenters. The molecule has 132 valence electrons. The highest BCUT2D eigenvalue weighted by Gasteiger charge is 2.33. The summed E-state index contributed by atoms with van der Waals surface area (Å²) in [5.74, 6) is 0.176. The lowest BCUT2D eigenvalue weighted by Crippen LogP contribution is -2.47. The smallest absolute Gasteiger partial charge is 0.230 e. The van der Waals surface area contributed by atoms with E-state index < -0.39 is 0 Å². The van der Waals surface area contributed by atoms with Gasteiger partial charge in [0.25, 0.3) is 0 Å². The summed E-state index contributed by atoms with van der Waals surface area (Å²) >= 11 is 1.49. The van der Waals surface area contributed by atoms with Crippen molar-refractivity contribution in [2.75, 3.05) is 13.1 Å². The van der Waals surface area contributed by atoms with Gasteiger partial charge in [0.2, 0.25) is 10.8 Å². The van der Waals surface area contributed by atoms with Crippen molar-refractivity contribution in [3.05, 3.63) is 46.6 Å². The van der Waals surface area contributed by atoms with Crippen LogP contribution in [0.15, 0.2) is 30.6 Å². The zero-order valence-electron chi connectivity index (χ0n) is 14.6. The van der Waals surface area contributed by atoms with Gasteiger partial charge in [0, 0.05) is 13.1 Å². The van der Waals surface area contributed by atoms with Gasteiger partial charge in [-0.3, -0.25) is 4.90 Å². The third-order valence-electron chi connectivity index (χ3n) is 4.59. The van der Waals surface area contributed by atoms with Crippen molar-refractivity contribution >= 4 is 16.3 Å². The molecule has 7 heteroatoms. The third kappa shape index (κ3) is 3.03. The Morgan fingerprint density at radius 3 is 2.52 bits per heavy atom. The number of fused-ring (bicyclic) bond motifs is 1. The molecule has 3 atom stereocenters. The number of rotatable bonds is 3. The Hall–Kier alpha value is -1.96. The summed E-state index contributed by atoms with van der Waals surface area (Å²) in [5.41, 5.74) is 2.38. The molecule has 1 N–H and O–H groups in total. The molecular formula is C18H22N4O2S. The van der Waals surface area contributed by atoms with Gasteiger partial charge in [-0.05, 0) is 26.3 Å². The van der Waals surface area contributed by atoms with E-state index >= 15 is 0 Å². The van der Waals surface area contributed by atoms with Crippen molar-refractivity contribution < 1.29 is 9.84 Å². The van der Waals surface area contributed by atoms with Crippen LogP contribution in [-0.2, 0) is 4.74 Å². The third-order valence-corrected chi connectivity index (χ3v) is 5.68. The van der Waals surface area contributed by atoms with Gasteiger partial charge in [0.15, 0.2) is 0 Å². The number of morpholine rings is 1. The number of hydrogen-bond acceptors (Lipinski definition) is 6. The van der Waals surface area contributed by atoms with Crippen LogP contribution in [0.25, 0.3) is 4.96 Å². The van der Waals surface area contributed by atoms with Gasteiger partial charge in [-0.15, -0.1) is 0 Å². The van der Waals surface area contributed by atoms with E-state index in [-0.39, 0.29) is 24.1 Å². The first kappa shape index (κ1) is 16.5. The number of ether oxygens (including phenoxy) is 1. The van der Waals surface area contributed by atoms with E-state index in [9.17, 15) is 5.11 Å². The SMILES string of the molecule is Cc1ccc([C@H](c2sc3ncnn3c2O)N2C[C@@H](C)O[C@H](C)C2)cc1. The van der Waals surface area contributed by atoms with E-state index in [0.717, 1.165) is 23.5 Å². The number of benzene rings is 1. The van der Waals surface area contributed by atoms with Crippen LogP contribution < -0.4 is 0 Å². The summed E-state index contributed by atoms with van der Waals surface area (Å²) in [6, 6.07) is 8.47. The van der Waals surface area contributed by atoms with Crippen LogP contribution in [0.5, 0.6) is 5.88 Å². The minimum Gasteiger partial charge on any atom is -0.492 e. The van der Waals surface area contributed by atoms with Crippen LogP contribution in [0.1, 0.15) is 35.9 Å². The second-order valence-electron chi connectivity index (χ2n) is 6.77. The number of hydrogen-bond donors (Lipinski definition) is 1. The van der Waals surface area contributed by atoms with Crippen LogP contribution in [0.3, 0.4) is 0 Å². The van der Waals surface area contributed by atoms with Crippen molar-refractivity contribution in [2.45, 2.75) is 39.0 Å². The minimum atomic E-state index is -0.0390. The second kappa shape index (κ2) is 6.40. The van der Waals surface area contributed by atoms with Crippen molar-refractivity contribution in [3.63, 3.8) is 0 Å². The average molecular weight is 358 g/mol. The molecule has 4 rings (SSSR count). The van der Waals surface area contributed by atoms with Gasteiger partial charge >= 0.3 is 0 Å². The number of aryl methyl sites for hydroxylation is 1. The van der Waals surface area contributed by atoms with Crippen LogP contribution in [0.2, 0.25) is 0 Å². The lowest BCUT2D eigenvalue weighted by atomic mass is 10.0. The Bertz CT molecular complexity index is 863. The monoisotopic (exact) mass is 358 g/mol. The first-order valence-electron chi connectivity index (χ1n) is 8.50. The van der Waals surface area contributed by atoms with Crippen LogP contribution in [-0.4, -0.2) is 49.9 Å². The van der Waals surface area contributed by atoms with Crippen molar-refractivity contribution in [2.24, 2.45) is 0 Å². The fourth-order valence-electron chi connectivity index (χ4n) is 3.58. The van der Waals surface area contributed by atoms with Crippen LogP contribution in [0, 0.1) is 6.92 Å². The molecular weight excluding hydrogens is 336 g/mol. The zero-order valence-corrected chi connectivity index (χ0v) is 15.4. The molecule has 0 saturated carbocycles. The standard InChI is InChI=1S/C18H22N4O2S/c1-11-4-6-14(7-5-11)15(21-8-12(2)24-13(3)9-21)16-17(23)22-18(25-16)19-10-20-22/h4-7,10,12-13,15,23H,8-9H2,1-3H3/t12-,13-,15-/m1/s1.